The molecule has 15 heavy (non-hydrogen) atoms. The SMILES string of the molecule is CC(=O)Nc1cnc2cccnc2c1Cl. The Hall–Kier alpha value is -1.68. The fourth-order valence-corrected chi connectivity index (χ4v) is 1.51. The Morgan fingerprint density at radius 1 is 1.47 bits per heavy atom. The van der Waals surface area contributed by atoms with E-state index in [9.17, 15) is 4.79 Å². The highest BCUT2D eigenvalue weighted by Crippen LogP contribution is 2.27. The van der Waals surface area contributed by atoms with Gasteiger partial charge in [-0.15, -0.1) is 0 Å². The molecule has 2 aromatic heterocycles. The number of fused-ring (bicyclic) bond motifs is 1. The minimum Gasteiger partial charge on any atom is -0.324 e. The fourth-order valence-electron chi connectivity index (χ4n) is 1.27. The average molecular weight is 222 g/mol. The summed E-state index contributed by atoms with van der Waals surface area (Å²) < 4.78 is 0. The van der Waals surface area contributed by atoms with E-state index in [4.69, 9.17) is 11.6 Å². The number of aromatic nitrogens is 2. The highest BCUT2D eigenvalue weighted by molar-refractivity contribution is 6.37. The first-order valence-electron chi connectivity index (χ1n) is 4.35. The lowest BCUT2D eigenvalue weighted by Gasteiger charge is -2.05. The molecule has 2 heterocycles. The Morgan fingerprint density at radius 2 is 2.27 bits per heavy atom. The fraction of sp³-hybridized carbons (Fsp3) is 0.100. The van der Waals surface area contributed by atoms with Crippen LogP contribution in [0.2, 0.25) is 5.02 Å². The lowest BCUT2D eigenvalue weighted by Crippen LogP contribution is -2.06. The van der Waals surface area contributed by atoms with E-state index in [1.165, 1.54) is 13.1 Å². The molecular weight excluding hydrogens is 214 g/mol. The second kappa shape index (κ2) is 3.82. The number of rotatable bonds is 1. The number of nitrogens with zero attached hydrogens (tertiary/aromatic N) is 2. The molecule has 0 fully saturated rings. The van der Waals surface area contributed by atoms with Gasteiger partial charge in [-0.1, -0.05) is 11.6 Å². The summed E-state index contributed by atoms with van der Waals surface area (Å²) in [6.07, 6.45) is 3.15. The lowest BCUT2D eigenvalue weighted by atomic mass is 10.3. The van der Waals surface area contributed by atoms with Crippen molar-refractivity contribution < 1.29 is 4.79 Å². The third-order valence-corrected chi connectivity index (χ3v) is 2.26. The van der Waals surface area contributed by atoms with Crippen LogP contribution in [0, 0.1) is 0 Å². The zero-order valence-corrected chi connectivity index (χ0v) is 8.75. The Bertz CT molecular complexity index is 527. The maximum absolute atomic E-state index is 10.9. The van der Waals surface area contributed by atoms with Crippen molar-refractivity contribution in [3.8, 4) is 0 Å². The van der Waals surface area contributed by atoms with Gasteiger partial charge in [-0.2, -0.15) is 0 Å². The molecule has 0 radical (unpaired) electrons. The molecule has 2 rings (SSSR count). The van der Waals surface area contributed by atoms with E-state index in [1.807, 2.05) is 6.07 Å². The topological polar surface area (TPSA) is 54.9 Å². The third kappa shape index (κ3) is 1.89. The Morgan fingerprint density at radius 3 is 3.00 bits per heavy atom. The van der Waals surface area contributed by atoms with Gasteiger partial charge in [0, 0.05) is 13.1 Å². The van der Waals surface area contributed by atoms with Gasteiger partial charge in [0.25, 0.3) is 0 Å². The Balaban J connectivity index is 2.59. The van der Waals surface area contributed by atoms with Crippen molar-refractivity contribution in [3.05, 3.63) is 29.5 Å². The van der Waals surface area contributed by atoms with E-state index in [2.05, 4.69) is 15.3 Å². The monoisotopic (exact) mass is 221 g/mol. The molecule has 5 heteroatoms. The first-order chi connectivity index (χ1) is 7.18. The molecule has 0 aromatic carbocycles. The maximum atomic E-state index is 10.9. The van der Waals surface area contributed by atoms with E-state index in [1.54, 1.807) is 12.3 Å². The highest BCUT2D eigenvalue weighted by Gasteiger charge is 2.07. The van der Waals surface area contributed by atoms with Crippen LogP contribution in [0.1, 0.15) is 6.92 Å². The minimum absolute atomic E-state index is 0.186. The van der Waals surface area contributed by atoms with Crippen LogP contribution in [0.25, 0.3) is 11.0 Å². The predicted octanol–water partition coefficient (Wildman–Crippen LogP) is 2.24. The summed E-state index contributed by atoms with van der Waals surface area (Å²) in [7, 11) is 0. The van der Waals surface area contributed by atoms with Gasteiger partial charge in [0.15, 0.2) is 0 Å². The van der Waals surface area contributed by atoms with Gasteiger partial charge in [0.1, 0.15) is 5.52 Å². The van der Waals surface area contributed by atoms with E-state index >= 15 is 0 Å². The molecule has 0 spiro atoms. The van der Waals surface area contributed by atoms with Crippen molar-refractivity contribution in [2.24, 2.45) is 0 Å². The molecule has 0 aliphatic rings. The van der Waals surface area contributed by atoms with Gasteiger partial charge < -0.3 is 5.32 Å². The summed E-state index contributed by atoms with van der Waals surface area (Å²) in [5.41, 5.74) is 1.78. The number of nitrogens with one attached hydrogen (secondary N) is 1. The van der Waals surface area contributed by atoms with Crippen molar-refractivity contribution in [3.63, 3.8) is 0 Å². The van der Waals surface area contributed by atoms with Crippen molar-refractivity contribution >= 4 is 34.2 Å². The van der Waals surface area contributed by atoms with Gasteiger partial charge in [-0.05, 0) is 12.1 Å². The smallest absolute Gasteiger partial charge is 0.221 e. The van der Waals surface area contributed by atoms with Crippen molar-refractivity contribution in [2.45, 2.75) is 6.92 Å². The van der Waals surface area contributed by atoms with Crippen LogP contribution in [-0.4, -0.2) is 15.9 Å². The molecule has 0 saturated carbocycles. The van der Waals surface area contributed by atoms with Crippen molar-refractivity contribution in [1.82, 2.24) is 9.97 Å². The molecule has 0 aliphatic heterocycles. The second-order valence-corrected chi connectivity index (χ2v) is 3.42. The standard InChI is InChI=1S/C10H8ClN3O/c1-6(15)14-8-5-13-7-3-2-4-12-10(7)9(8)11/h2-5H,1H3,(H,14,15). The Labute approximate surface area is 91.3 Å². The van der Waals surface area contributed by atoms with Crippen LogP contribution < -0.4 is 5.32 Å². The van der Waals surface area contributed by atoms with Crippen molar-refractivity contribution in [2.75, 3.05) is 5.32 Å². The minimum atomic E-state index is -0.186. The maximum Gasteiger partial charge on any atom is 0.221 e. The summed E-state index contributed by atoms with van der Waals surface area (Å²) in [5, 5.41) is 3.00. The lowest BCUT2D eigenvalue weighted by molar-refractivity contribution is -0.114. The molecule has 0 unspecified atom stereocenters. The average Bonchev–Trinajstić information content (AvgIpc) is 2.22. The van der Waals surface area contributed by atoms with E-state index in [-0.39, 0.29) is 5.91 Å². The van der Waals surface area contributed by atoms with Crippen LogP contribution in [0.4, 0.5) is 5.69 Å². The van der Waals surface area contributed by atoms with Crippen LogP contribution in [0.3, 0.4) is 0 Å². The van der Waals surface area contributed by atoms with Crippen molar-refractivity contribution in [1.29, 1.82) is 0 Å². The molecule has 2 aromatic rings. The third-order valence-electron chi connectivity index (χ3n) is 1.87. The van der Waals surface area contributed by atoms with E-state index < -0.39 is 0 Å². The van der Waals surface area contributed by atoms with Gasteiger partial charge >= 0.3 is 0 Å². The number of amides is 1. The van der Waals surface area contributed by atoms with Crippen LogP contribution in [0.5, 0.6) is 0 Å². The van der Waals surface area contributed by atoms with Crippen LogP contribution in [-0.2, 0) is 4.79 Å². The molecule has 0 saturated heterocycles. The van der Waals surface area contributed by atoms with E-state index in [0.29, 0.717) is 21.7 Å². The number of anilines is 1. The van der Waals surface area contributed by atoms with Gasteiger partial charge in [-0.25, -0.2) is 0 Å². The molecule has 0 aliphatic carbocycles. The number of carbonyl (C=O) groups excluding carboxylic acids is 1. The summed E-state index contributed by atoms with van der Waals surface area (Å²) in [6, 6.07) is 3.59. The molecule has 1 N–H and O–H groups in total. The van der Waals surface area contributed by atoms with Gasteiger partial charge in [-0.3, -0.25) is 14.8 Å². The van der Waals surface area contributed by atoms with Crippen LogP contribution >= 0.6 is 11.6 Å². The summed E-state index contributed by atoms with van der Waals surface area (Å²) >= 11 is 6.07. The number of halogens is 1. The molecule has 1 amide bonds. The van der Waals surface area contributed by atoms with Crippen LogP contribution in [0.15, 0.2) is 24.5 Å². The number of hydrogen-bond acceptors (Lipinski definition) is 3. The predicted molar refractivity (Wildman–Crippen MR) is 58.9 cm³/mol. The molecule has 0 atom stereocenters. The van der Waals surface area contributed by atoms with E-state index in [0.717, 1.165) is 0 Å². The molecular formula is C10H8ClN3O. The highest BCUT2D eigenvalue weighted by atomic mass is 35.5. The summed E-state index contributed by atoms with van der Waals surface area (Å²) in [5.74, 6) is -0.186. The first-order valence-corrected chi connectivity index (χ1v) is 4.73. The number of carbonyl (C=O) groups is 1. The summed E-state index contributed by atoms with van der Waals surface area (Å²) in [6.45, 7) is 1.42. The number of pyridine rings is 2. The van der Waals surface area contributed by atoms with Gasteiger partial charge in [0.2, 0.25) is 5.91 Å². The first kappa shape index (κ1) is 9.86. The largest absolute Gasteiger partial charge is 0.324 e. The molecule has 4 nitrogen and oxygen atoms in total. The quantitative estimate of drug-likeness (QED) is 0.804. The second-order valence-electron chi connectivity index (χ2n) is 3.04. The molecule has 76 valence electrons. The Kier molecular flexibility index (Phi) is 2.51. The summed E-state index contributed by atoms with van der Waals surface area (Å²) in [4.78, 5) is 19.1. The normalized spacial score (nSPS) is 10.3. The van der Waals surface area contributed by atoms with Gasteiger partial charge in [0.05, 0.1) is 22.4 Å². The zero-order valence-electron chi connectivity index (χ0n) is 7.99. The number of hydrogen-bond donors (Lipinski definition) is 1. The zero-order chi connectivity index (χ0) is 10.8. The molecule has 0 bridgehead atoms.